The lowest BCUT2D eigenvalue weighted by molar-refractivity contribution is -0.00946. The summed E-state index contributed by atoms with van der Waals surface area (Å²) in [6, 6.07) is 3.58. The van der Waals surface area contributed by atoms with Gasteiger partial charge in [-0.1, -0.05) is 5.16 Å². The van der Waals surface area contributed by atoms with Crippen molar-refractivity contribution in [2.45, 2.75) is 25.5 Å². The molecular weight excluding hydrogens is 274 g/mol. The molecule has 21 heavy (non-hydrogen) atoms. The molecule has 0 amide bonds. The standard InChI is InChI=1S/C14H19N3O4/c18-7-9-19-11-3-5-17(6-4-11)10-13-15-14(21-16-13)12-2-1-8-20-12/h1-2,8,11,18H,3-7,9-10H2. The molecular formula is C14H19N3O4. The van der Waals surface area contributed by atoms with Crippen LogP contribution in [0.1, 0.15) is 18.7 Å². The zero-order valence-electron chi connectivity index (χ0n) is 11.8. The Morgan fingerprint density at radius 3 is 2.95 bits per heavy atom. The van der Waals surface area contributed by atoms with Crippen molar-refractivity contribution < 1.29 is 18.8 Å². The minimum Gasteiger partial charge on any atom is -0.459 e. The quantitative estimate of drug-likeness (QED) is 0.859. The van der Waals surface area contributed by atoms with Gasteiger partial charge < -0.3 is 18.8 Å². The predicted octanol–water partition coefficient (Wildman–Crippen LogP) is 1.30. The average Bonchev–Trinajstić information content (AvgIpc) is 3.17. The molecule has 3 heterocycles. The van der Waals surface area contributed by atoms with Crippen molar-refractivity contribution in [1.82, 2.24) is 15.0 Å². The van der Waals surface area contributed by atoms with Crippen LogP contribution >= 0.6 is 0 Å². The minimum atomic E-state index is 0.0820. The fraction of sp³-hybridized carbons (Fsp3) is 0.571. The van der Waals surface area contributed by atoms with E-state index in [1.165, 1.54) is 0 Å². The first-order chi connectivity index (χ1) is 10.3. The molecule has 0 radical (unpaired) electrons. The molecule has 1 aliphatic rings. The van der Waals surface area contributed by atoms with Crippen LogP contribution in [0.3, 0.4) is 0 Å². The van der Waals surface area contributed by atoms with Crippen LogP contribution < -0.4 is 0 Å². The number of rotatable bonds is 6. The van der Waals surface area contributed by atoms with Gasteiger partial charge in [0.1, 0.15) is 0 Å². The molecule has 0 aliphatic carbocycles. The van der Waals surface area contributed by atoms with Crippen molar-refractivity contribution in [3.05, 3.63) is 24.2 Å². The van der Waals surface area contributed by atoms with E-state index in [2.05, 4.69) is 15.0 Å². The molecule has 0 bridgehead atoms. The van der Waals surface area contributed by atoms with E-state index in [1.807, 2.05) is 0 Å². The number of furan rings is 1. The van der Waals surface area contributed by atoms with Crippen molar-refractivity contribution in [3.63, 3.8) is 0 Å². The molecule has 3 rings (SSSR count). The lowest BCUT2D eigenvalue weighted by Crippen LogP contribution is -2.37. The van der Waals surface area contributed by atoms with Crippen LogP contribution in [0.2, 0.25) is 0 Å². The fourth-order valence-corrected chi connectivity index (χ4v) is 2.47. The lowest BCUT2D eigenvalue weighted by Gasteiger charge is -2.30. The van der Waals surface area contributed by atoms with Crippen LogP contribution in [0.15, 0.2) is 27.3 Å². The van der Waals surface area contributed by atoms with Crippen molar-refractivity contribution in [2.24, 2.45) is 0 Å². The Labute approximate surface area is 122 Å². The molecule has 0 spiro atoms. The van der Waals surface area contributed by atoms with Gasteiger partial charge in [0.25, 0.3) is 5.89 Å². The van der Waals surface area contributed by atoms with Crippen LogP contribution in [0.25, 0.3) is 11.7 Å². The topological polar surface area (TPSA) is 84.8 Å². The minimum absolute atomic E-state index is 0.0820. The third-order valence-corrected chi connectivity index (χ3v) is 3.54. The van der Waals surface area contributed by atoms with Crippen molar-refractivity contribution in [3.8, 4) is 11.7 Å². The first kappa shape index (κ1) is 14.2. The molecule has 2 aromatic heterocycles. The molecule has 0 unspecified atom stereocenters. The molecule has 1 aliphatic heterocycles. The van der Waals surface area contributed by atoms with E-state index < -0.39 is 0 Å². The summed E-state index contributed by atoms with van der Waals surface area (Å²) in [6.07, 6.45) is 3.75. The third-order valence-electron chi connectivity index (χ3n) is 3.54. The Morgan fingerprint density at radius 1 is 1.38 bits per heavy atom. The Kier molecular flexibility index (Phi) is 4.64. The van der Waals surface area contributed by atoms with E-state index in [1.54, 1.807) is 18.4 Å². The molecule has 0 aromatic carbocycles. The highest BCUT2D eigenvalue weighted by Gasteiger charge is 2.21. The number of aliphatic hydroxyl groups is 1. The van der Waals surface area contributed by atoms with Crippen molar-refractivity contribution in [1.29, 1.82) is 0 Å². The Morgan fingerprint density at radius 2 is 2.24 bits per heavy atom. The number of hydrogen-bond donors (Lipinski definition) is 1. The zero-order chi connectivity index (χ0) is 14.5. The summed E-state index contributed by atoms with van der Waals surface area (Å²) < 4.78 is 16.0. The van der Waals surface area contributed by atoms with E-state index in [-0.39, 0.29) is 12.7 Å². The maximum atomic E-state index is 8.75. The Balaban J connectivity index is 1.49. The molecule has 7 heteroatoms. The van der Waals surface area contributed by atoms with Crippen LogP contribution in [-0.4, -0.2) is 52.6 Å². The summed E-state index contributed by atoms with van der Waals surface area (Å²) in [4.78, 5) is 6.61. The monoisotopic (exact) mass is 293 g/mol. The number of likely N-dealkylation sites (tertiary alicyclic amines) is 1. The second kappa shape index (κ2) is 6.84. The van der Waals surface area contributed by atoms with E-state index >= 15 is 0 Å². The van der Waals surface area contributed by atoms with E-state index in [0.717, 1.165) is 25.9 Å². The van der Waals surface area contributed by atoms with Gasteiger partial charge in [0.05, 0.1) is 32.1 Å². The van der Waals surface area contributed by atoms with E-state index in [0.29, 0.717) is 30.6 Å². The summed E-state index contributed by atoms with van der Waals surface area (Å²) in [5.41, 5.74) is 0. The number of nitrogens with zero attached hydrogens (tertiary/aromatic N) is 3. The van der Waals surface area contributed by atoms with Gasteiger partial charge in [-0.3, -0.25) is 4.90 Å². The average molecular weight is 293 g/mol. The maximum Gasteiger partial charge on any atom is 0.293 e. The van der Waals surface area contributed by atoms with Gasteiger partial charge in [-0.15, -0.1) is 0 Å². The molecule has 1 fully saturated rings. The first-order valence-electron chi connectivity index (χ1n) is 7.16. The van der Waals surface area contributed by atoms with Gasteiger partial charge in [0.2, 0.25) is 0 Å². The van der Waals surface area contributed by atoms with Gasteiger partial charge in [-0.25, -0.2) is 0 Å². The largest absolute Gasteiger partial charge is 0.459 e. The zero-order valence-corrected chi connectivity index (χ0v) is 11.8. The summed E-state index contributed by atoms with van der Waals surface area (Å²) in [7, 11) is 0. The predicted molar refractivity (Wildman–Crippen MR) is 73.3 cm³/mol. The molecule has 1 saturated heterocycles. The number of aromatic nitrogens is 2. The number of ether oxygens (including phenoxy) is 1. The van der Waals surface area contributed by atoms with Crippen LogP contribution in [0.4, 0.5) is 0 Å². The summed E-state index contributed by atoms with van der Waals surface area (Å²) in [5.74, 6) is 1.66. The van der Waals surface area contributed by atoms with Crippen LogP contribution in [0, 0.1) is 0 Å². The molecule has 0 atom stereocenters. The van der Waals surface area contributed by atoms with Gasteiger partial charge in [0.15, 0.2) is 11.6 Å². The SMILES string of the molecule is OCCOC1CCN(Cc2noc(-c3ccco3)n2)CC1. The highest BCUT2D eigenvalue weighted by atomic mass is 16.5. The second-order valence-corrected chi connectivity index (χ2v) is 5.06. The van der Waals surface area contributed by atoms with Crippen LogP contribution in [0.5, 0.6) is 0 Å². The molecule has 7 nitrogen and oxygen atoms in total. The van der Waals surface area contributed by atoms with E-state index in [9.17, 15) is 0 Å². The van der Waals surface area contributed by atoms with Crippen molar-refractivity contribution >= 4 is 0 Å². The normalized spacial score (nSPS) is 17.4. The van der Waals surface area contributed by atoms with Gasteiger partial charge in [0, 0.05) is 13.1 Å². The number of aliphatic hydroxyl groups excluding tert-OH is 1. The fourth-order valence-electron chi connectivity index (χ4n) is 2.47. The molecule has 114 valence electrons. The molecule has 1 N–H and O–H groups in total. The highest BCUT2D eigenvalue weighted by Crippen LogP contribution is 2.19. The number of piperidine rings is 1. The first-order valence-corrected chi connectivity index (χ1v) is 7.16. The smallest absolute Gasteiger partial charge is 0.293 e. The van der Waals surface area contributed by atoms with Gasteiger partial charge in [-0.05, 0) is 25.0 Å². The second-order valence-electron chi connectivity index (χ2n) is 5.06. The van der Waals surface area contributed by atoms with Crippen LogP contribution in [-0.2, 0) is 11.3 Å². The van der Waals surface area contributed by atoms with E-state index in [4.69, 9.17) is 18.8 Å². The molecule has 0 saturated carbocycles. The number of hydrogen-bond acceptors (Lipinski definition) is 7. The maximum absolute atomic E-state index is 8.75. The van der Waals surface area contributed by atoms with Crippen molar-refractivity contribution in [2.75, 3.05) is 26.3 Å². The summed E-state index contributed by atoms with van der Waals surface area (Å²) in [6.45, 7) is 3.03. The Bertz CT molecular complexity index is 532. The van der Waals surface area contributed by atoms with Gasteiger partial charge >= 0.3 is 0 Å². The summed E-state index contributed by atoms with van der Waals surface area (Å²) in [5, 5.41) is 12.7. The lowest BCUT2D eigenvalue weighted by atomic mass is 10.1. The highest BCUT2D eigenvalue weighted by molar-refractivity contribution is 5.42. The third kappa shape index (κ3) is 3.69. The summed E-state index contributed by atoms with van der Waals surface area (Å²) >= 11 is 0. The van der Waals surface area contributed by atoms with Gasteiger partial charge in [-0.2, -0.15) is 4.98 Å². The Hall–Kier alpha value is -1.70. The molecule has 2 aromatic rings.